The second-order valence-electron chi connectivity index (χ2n) is 4.41. The number of nitrogens with zero attached hydrogens (tertiary/aromatic N) is 2. The van der Waals surface area contributed by atoms with Gasteiger partial charge in [-0.15, -0.1) is 0 Å². The summed E-state index contributed by atoms with van der Waals surface area (Å²) >= 11 is 0. The first kappa shape index (κ1) is 9.30. The Kier molecular flexibility index (Phi) is 2.21. The molecule has 1 saturated heterocycles. The Hall–Kier alpha value is -0.940. The number of aromatic nitrogens is 3. The Morgan fingerprint density at radius 1 is 1.20 bits per heavy atom. The standard InChI is InChI=1S/C10H16N4O/c1-15-8-5-11-4-7(8)10-9(6-2-3-6)12-14-13-10/h6-8,11H,2-5H2,1H3,(H,12,13,14)/t7-,8-/m0/s1. The molecule has 0 amide bonds. The van der Waals surface area contributed by atoms with Crippen LogP contribution in [0.3, 0.4) is 0 Å². The van der Waals surface area contributed by atoms with E-state index in [0.29, 0.717) is 11.8 Å². The predicted octanol–water partition coefficient (Wildman–Crippen LogP) is 0.384. The summed E-state index contributed by atoms with van der Waals surface area (Å²) in [5, 5.41) is 14.7. The van der Waals surface area contributed by atoms with E-state index in [1.807, 2.05) is 0 Å². The van der Waals surface area contributed by atoms with Crippen LogP contribution in [-0.2, 0) is 4.74 Å². The Morgan fingerprint density at radius 3 is 2.73 bits per heavy atom. The summed E-state index contributed by atoms with van der Waals surface area (Å²) in [4.78, 5) is 0. The van der Waals surface area contributed by atoms with Crippen molar-refractivity contribution in [3.05, 3.63) is 11.4 Å². The maximum atomic E-state index is 5.46. The Bertz CT molecular complexity index is 347. The molecule has 15 heavy (non-hydrogen) atoms. The molecule has 3 rings (SSSR count). The minimum atomic E-state index is 0.243. The van der Waals surface area contributed by atoms with Crippen LogP contribution in [0.4, 0.5) is 0 Å². The average molecular weight is 208 g/mol. The molecule has 0 spiro atoms. The number of H-pyrrole nitrogens is 1. The van der Waals surface area contributed by atoms with Crippen LogP contribution in [-0.4, -0.2) is 41.7 Å². The van der Waals surface area contributed by atoms with Crippen molar-refractivity contribution < 1.29 is 4.74 Å². The van der Waals surface area contributed by atoms with Crippen LogP contribution < -0.4 is 5.32 Å². The van der Waals surface area contributed by atoms with E-state index in [1.165, 1.54) is 18.5 Å². The zero-order chi connectivity index (χ0) is 10.3. The number of nitrogens with one attached hydrogen (secondary N) is 2. The number of hydrogen-bond acceptors (Lipinski definition) is 4. The van der Waals surface area contributed by atoms with Crippen molar-refractivity contribution in [2.75, 3.05) is 20.2 Å². The molecule has 0 aromatic carbocycles. The van der Waals surface area contributed by atoms with Gasteiger partial charge in [0, 0.05) is 32.0 Å². The molecule has 1 aliphatic carbocycles. The topological polar surface area (TPSA) is 62.8 Å². The highest BCUT2D eigenvalue weighted by Gasteiger charge is 2.37. The molecule has 0 radical (unpaired) electrons. The minimum absolute atomic E-state index is 0.243. The fourth-order valence-corrected chi connectivity index (χ4v) is 2.35. The van der Waals surface area contributed by atoms with Crippen molar-refractivity contribution in [1.29, 1.82) is 0 Å². The van der Waals surface area contributed by atoms with Crippen LogP contribution in [0.5, 0.6) is 0 Å². The average Bonchev–Trinajstić information content (AvgIpc) is 2.83. The highest BCUT2D eigenvalue weighted by atomic mass is 16.5. The lowest BCUT2D eigenvalue weighted by Gasteiger charge is -2.15. The molecule has 2 heterocycles. The smallest absolute Gasteiger partial charge is 0.0929 e. The van der Waals surface area contributed by atoms with Gasteiger partial charge in [-0.3, -0.25) is 0 Å². The summed E-state index contributed by atoms with van der Waals surface area (Å²) in [5.41, 5.74) is 2.29. The van der Waals surface area contributed by atoms with Crippen LogP contribution in [0.1, 0.15) is 36.1 Å². The Labute approximate surface area is 88.6 Å². The molecule has 2 fully saturated rings. The molecule has 2 aliphatic rings. The van der Waals surface area contributed by atoms with E-state index >= 15 is 0 Å². The van der Waals surface area contributed by atoms with Gasteiger partial charge < -0.3 is 10.1 Å². The van der Waals surface area contributed by atoms with Gasteiger partial charge >= 0.3 is 0 Å². The molecule has 5 heteroatoms. The first-order valence-corrected chi connectivity index (χ1v) is 5.54. The lowest BCUT2D eigenvalue weighted by Crippen LogP contribution is -2.20. The molecule has 1 aromatic rings. The summed E-state index contributed by atoms with van der Waals surface area (Å²) in [6.07, 6.45) is 2.77. The fourth-order valence-electron chi connectivity index (χ4n) is 2.35. The van der Waals surface area contributed by atoms with Crippen LogP contribution in [0.15, 0.2) is 0 Å². The van der Waals surface area contributed by atoms with Crippen molar-refractivity contribution >= 4 is 0 Å². The molecule has 2 atom stereocenters. The highest BCUT2D eigenvalue weighted by molar-refractivity contribution is 5.25. The molecular formula is C10H16N4O. The summed E-state index contributed by atoms with van der Waals surface area (Å²) in [6.45, 7) is 1.86. The molecule has 0 bridgehead atoms. The van der Waals surface area contributed by atoms with E-state index in [-0.39, 0.29) is 6.10 Å². The zero-order valence-electron chi connectivity index (χ0n) is 8.86. The van der Waals surface area contributed by atoms with E-state index in [0.717, 1.165) is 18.8 Å². The van der Waals surface area contributed by atoms with Gasteiger partial charge in [0.15, 0.2) is 0 Å². The Morgan fingerprint density at radius 2 is 2.00 bits per heavy atom. The summed E-state index contributed by atoms with van der Waals surface area (Å²) in [6, 6.07) is 0. The molecular weight excluding hydrogens is 192 g/mol. The van der Waals surface area contributed by atoms with Crippen LogP contribution in [0, 0.1) is 0 Å². The maximum absolute atomic E-state index is 5.46. The monoisotopic (exact) mass is 208 g/mol. The molecule has 2 N–H and O–H groups in total. The summed E-state index contributed by atoms with van der Waals surface area (Å²) in [5.74, 6) is 1.02. The van der Waals surface area contributed by atoms with Crippen molar-refractivity contribution in [2.24, 2.45) is 0 Å². The van der Waals surface area contributed by atoms with E-state index < -0.39 is 0 Å². The van der Waals surface area contributed by atoms with Gasteiger partial charge in [-0.2, -0.15) is 15.4 Å². The molecule has 82 valence electrons. The second-order valence-corrected chi connectivity index (χ2v) is 4.41. The van der Waals surface area contributed by atoms with E-state index in [4.69, 9.17) is 4.74 Å². The first-order chi connectivity index (χ1) is 7.40. The number of aromatic amines is 1. The largest absolute Gasteiger partial charge is 0.379 e. The summed E-state index contributed by atoms with van der Waals surface area (Å²) in [7, 11) is 1.77. The Balaban J connectivity index is 1.87. The summed E-state index contributed by atoms with van der Waals surface area (Å²) < 4.78 is 5.46. The maximum Gasteiger partial charge on any atom is 0.0929 e. The van der Waals surface area contributed by atoms with Crippen LogP contribution >= 0.6 is 0 Å². The third-order valence-corrected chi connectivity index (χ3v) is 3.38. The predicted molar refractivity (Wildman–Crippen MR) is 54.8 cm³/mol. The van der Waals surface area contributed by atoms with Crippen molar-refractivity contribution in [3.8, 4) is 0 Å². The quantitative estimate of drug-likeness (QED) is 0.754. The van der Waals surface area contributed by atoms with Gasteiger partial charge in [-0.25, -0.2) is 0 Å². The lowest BCUT2D eigenvalue weighted by atomic mass is 9.99. The molecule has 1 aliphatic heterocycles. The van der Waals surface area contributed by atoms with Gasteiger partial charge in [0.05, 0.1) is 17.5 Å². The molecule has 0 unspecified atom stereocenters. The highest BCUT2D eigenvalue weighted by Crippen LogP contribution is 2.42. The molecule has 5 nitrogen and oxygen atoms in total. The van der Waals surface area contributed by atoms with Crippen molar-refractivity contribution in [1.82, 2.24) is 20.7 Å². The third-order valence-electron chi connectivity index (χ3n) is 3.38. The van der Waals surface area contributed by atoms with Gasteiger partial charge in [0.2, 0.25) is 0 Å². The normalized spacial score (nSPS) is 31.0. The van der Waals surface area contributed by atoms with E-state index in [9.17, 15) is 0 Å². The van der Waals surface area contributed by atoms with E-state index in [1.54, 1.807) is 7.11 Å². The number of methoxy groups -OCH3 is 1. The van der Waals surface area contributed by atoms with Gasteiger partial charge in [-0.05, 0) is 12.8 Å². The van der Waals surface area contributed by atoms with Crippen molar-refractivity contribution in [3.63, 3.8) is 0 Å². The number of hydrogen-bond donors (Lipinski definition) is 2. The molecule has 1 saturated carbocycles. The SMILES string of the molecule is CO[C@H]1CNC[C@@H]1c1n[nH]nc1C1CC1. The lowest BCUT2D eigenvalue weighted by molar-refractivity contribution is 0.104. The minimum Gasteiger partial charge on any atom is -0.379 e. The van der Waals surface area contributed by atoms with Gasteiger partial charge in [0.1, 0.15) is 0 Å². The second kappa shape index (κ2) is 3.57. The van der Waals surface area contributed by atoms with Crippen LogP contribution in [0.2, 0.25) is 0 Å². The van der Waals surface area contributed by atoms with Gasteiger partial charge in [-0.1, -0.05) is 0 Å². The fraction of sp³-hybridized carbons (Fsp3) is 0.800. The van der Waals surface area contributed by atoms with E-state index in [2.05, 4.69) is 20.7 Å². The molecule has 1 aromatic heterocycles. The number of ether oxygens (including phenoxy) is 1. The third kappa shape index (κ3) is 1.55. The van der Waals surface area contributed by atoms with Crippen molar-refractivity contribution in [2.45, 2.75) is 30.8 Å². The first-order valence-electron chi connectivity index (χ1n) is 5.54. The van der Waals surface area contributed by atoms with Crippen LogP contribution in [0.25, 0.3) is 0 Å². The number of rotatable bonds is 3. The zero-order valence-corrected chi connectivity index (χ0v) is 8.86. The van der Waals surface area contributed by atoms with Gasteiger partial charge in [0.25, 0.3) is 0 Å².